The normalized spacial score (nSPS) is 18.0. The summed E-state index contributed by atoms with van der Waals surface area (Å²) < 4.78 is 15.1. The third-order valence-electron chi connectivity index (χ3n) is 2.37. The maximum Gasteiger partial charge on any atom is 0.335 e. The van der Waals surface area contributed by atoms with E-state index in [-0.39, 0.29) is 12.2 Å². The van der Waals surface area contributed by atoms with Crippen molar-refractivity contribution in [1.29, 1.82) is 0 Å². The Morgan fingerprint density at radius 3 is 2.67 bits per heavy atom. The maximum absolute atomic E-state index is 10.9. The Labute approximate surface area is 90.2 Å². The first kappa shape index (κ1) is 12.2. The largest absolute Gasteiger partial charge is 0.435 e. The monoisotopic (exact) mass is 214 g/mol. The molecule has 1 heterocycles. The molecule has 15 heavy (non-hydrogen) atoms. The van der Waals surface area contributed by atoms with Gasteiger partial charge in [0.2, 0.25) is 0 Å². The highest BCUT2D eigenvalue weighted by Gasteiger charge is 2.32. The van der Waals surface area contributed by atoms with E-state index >= 15 is 0 Å². The van der Waals surface area contributed by atoms with Crippen LogP contribution in [0.15, 0.2) is 12.2 Å². The summed E-state index contributed by atoms with van der Waals surface area (Å²) in [5.74, 6) is -0.409. The zero-order valence-corrected chi connectivity index (χ0v) is 9.38. The highest BCUT2D eigenvalue weighted by atomic mass is 16.7. The first-order valence-corrected chi connectivity index (χ1v) is 5.02. The van der Waals surface area contributed by atoms with Crippen LogP contribution in [0.1, 0.15) is 20.3 Å². The van der Waals surface area contributed by atoms with Crippen molar-refractivity contribution in [3.8, 4) is 0 Å². The van der Waals surface area contributed by atoms with Gasteiger partial charge in [-0.15, -0.1) is 0 Å². The van der Waals surface area contributed by atoms with Gasteiger partial charge in [0.1, 0.15) is 0 Å². The highest BCUT2D eigenvalue weighted by molar-refractivity contribution is 5.86. The Hall–Kier alpha value is -0.870. The molecule has 1 aliphatic rings. The Bertz CT molecular complexity index is 243. The number of hydrogen-bond acceptors (Lipinski definition) is 4. The average Bonchev–Trinajstić information content (AvgIpc) is 2.14. The molecule has 0 amide bonds. The van der Waals surface area contributed by atoms with E-state index in [4.69, 9.17) is 14.2 Å². The van der Waals surface area contributed by atoms with E-state index in [2.05, 4.69) is 13.5 Å². The lowest BCUT2D eigenvalue weighted by Gasteiger charge is -2.37. The maximum atomic E-state index is 10.9. The fourth-order valence-corrected chi connectivity index (χ4v) is 1.19. The Kier molecular flexibility index (Phi) is 4.29. The van der Waals surface area contributed by atoms with Crippen molar-refractivity contribution in [3.05, 3.63) is 12.2 Å². The molecule has 1 rings (SSSR count). The first-order chi connectivity index (χ1) is 7.03. The van der Waals surface area contributed by atoms with Crippen LogP contribution < -0.4 is 0 Å². The van der Waals surface area contributed by atoms with Gasteiger partial charge in [0.15, 0.2) is 6.79 Å². The summed E-state index contributed by atoms with van der Waals surface area (Å²) in [6.45, 7) is 9.40. The molecule has 1 aliphatic heterocycles. The van der Waals surface area contributed by atoms with Crippen LogP contribution in [0.25, 0.3) is 0 Å². The van der Waals surface area contributed by atoms with E-state index in [1.54, 1.807) is 6.92 Å². The minimum atomic E-state index is -0.409. The van der Waals surface area contributed by atoms with Crippen molar-refractivity contribution in [3.63, 3.8) is 0 Å². The summed E-state index contributed by atoms with van der Waals surface area (Å²) in [4.78, 5) is 10.9. The molecule has 4 heteroatoms. The van der Waals surface area contributed by atoms with Crippen LogP contribution in [-0.2, 0) is 19.0 Å². The van der Waals surface area contributed by atoms with E-state index in [0.29, 0.717) is 12.2 Å². The number of esters is 1. The third kappa shape index (κ3) is 4.01. The van der Waals surface area contributed by atoms with Crippen LogP contribution in [0.3, 0.4) is 0 Å². The van der Waals surface area contributed by atoms with Crippen LogP contribution in [0.5, 0.6) is 0 Å². The van der Waals surface area contributed by atoms with Gasteiger partial charge < -0.3 is 14.2 Å². The van der Waals surface area contributed by atoms with Gasteiger partial charge in [-0.25, -0.2) is 4.79 Å². The fraction of sp³-hybridized carbons (Fsp3) is 0.727. The lowest BCUT2D eigenvalue weighted by atomic mass is 9.85. The summed E-state index contributed by atoms with van der Waals surface area (Å²) >= 11 is 0. The van der Waals surface area contributed by atoms with Crippen LogP contribution in [-0.4, -0.2) is 32.6 Å². The van der Waals surface area contributed by atoms with Crippen LogP contribution >= 0.6 is 0 Å². The van der Waals surface area contributed by atoms with Crippen LogP contribution in [0.2, 0.25) is 0 Å². The molecule has 1 saturated heterocycles. The molecule has 0 N–H and O–H groups in total. The molecule has 0 aliphatic carbocycles. The van der Waals surface area contributed by atoms with Crippen molar-refractivity contribution in [2.24, 2.45) is 5.41 Å². The standard InChI is InChI=1S/C11H18O4/c1-9(2)10(12)15-8-13-5-4-11(3)6-14-7-11/h1,4-8H2,2-3H3. The predicted octanol–water partition coefficient (Wildman–Crippen LogP) is 1.51. The molecule has 0 aromatic carbocycles. The molecule has 0 aromatic rings. The Balaban J connectivity index is 1.97. The van der Waals surface area contributed by atoms with Gasteiger partial charge in [0, 0.05) is 11.0 Å². The van der Waals surface area contributed by atoms with E-state index in [1.165, 1.54) is 0 Å². The quantitative estimate of drug-likeness (QED) is 0.291. The molecule has 0 aromatic heterocycles. The molecule has 86 valence electrons. The van der Waals surface area contributed by atoms with E-state index < -0.39 is 5.97 Å². The summed E-state index contributed by atoms with van der Waals surface area (Å²) in [6.07, 6.45) is 0.928. The van der Waals surface area contributed by atoms with Crippen LogP contribution in [0, 0.1) is 5.41 Å². The molecule has 0 atom stereocenters. The lowest BCUT2D eigenvalue weighted by Crippen LogP contribution is -2.40. The second-order valence-electron chi connectivity index (χ2n) is 4.29. The minimum Gasteiger partial charge on any atom is -0.435 e. The second kappa shape index (κ2) is 5.28. The molecule has 4 nitrogen and oxygen atoms in total. The number of ether oxygens (including phenoxy) is 3. The molecular weight excluding hydrogens is 196 g/mol. The zero-order valence-electron chi connectivity index (χ0n) is 9.38. The number of hydrogen-bond donors (Lipinski definition) is 0. The van der Waals surface area contributed by atoms with Crippen molar-refractivity contribution in [1.82, 2.24) is 0 Å². The number of carbonyl (C=O) groups excluding carboxylic acids is 1. The lowest BCUT2D eigenvalue weighted by molar-refractivity contribution is -0.155. The average molecular weight is 214 g/mol. The Morgan fingerprint density at radius 1 is 1.53 bits per heavy atom. The number of rotatable bonds is 6. The SMILES string of the molecule is C=C(C)C(=O)OCOCCC1(C)COC1. The Morgan fingerprint density at radius 2 is 2.20 bits per heavy atom. The van der Waals surface area contributed by atoms with Gasteiger partial charge in [0.05, 0.1) is 19.8 Å². The minimum absolute atomic E-state index is 0.00261. The summed E-state index contributed by atoms with van der Waals surface area (Å²) in [5.41, 5.74) is 0.635. The third-order valence-corrected chi connectivity index (χ3v) is 2.37. The molecule has 0 spiro atoms. The summed E-state index contributed by atoms with van der Waals surface area (Å²) in [5, 5.41) is 0. The molecule has 0 saturated carbocycles. The molecule has 0 unspecified atom stereocenters. The highest BCUT2D eigenvalue weighted by Crippen LogP contribution is 2.30. The number of carbonyl (C=O) groups is 1. The van der Waals surface area contributed by atoms with Crippen molar-refractivity contribution >= 4 is 5.97 Å². The van der Waals surface area contributed by atoms with E-state index in [9.17, 15) is 4.79 Å². The smallest absolute Gasteiger partial charge is 0.335 e. The van der Waals surface area contributed by atoms with E-state index in [0.717, 1.165) is 19.6 Å². The molecular formula is C11H18O4. The van der Waals surface area contributed by atoms with E-state index in [1.807, 2.05) is 0 Å². The van der Waals surface area contributed by atoms with Gasteiger partial charge >= 0.3 is 5.97 Å². The fourth-order valence-electron chi connectivity index (χ4n) is 1.19. The van der Waals surface area contributed by atoms with Crippen molar-refractivity contribution in [2.45, 2.75) is 20.3 Å². The topological polar surface area (TPSA) is 44.8 Å². The van der Waals surface area contributed by atoms with Gasteiger partial charge in [-0.05, 0) is 13.3 Å². The summed E-state index contributed by atoms with van der Waals surface area (Å²) in [7, 11) is 0. The van der Waals surface area contributed by atoms with Gasteiger partial charge in [-0.1, -0.05) is 13.5 Å². The van der Waals surface area contributed by atoms with Gasteiger partial charge in [0.25, 0.3) is 0 Å². The molecule has 1 fully saturated rings. The van der Waals surface area contributed by atoms with Gasteiger partial charge in [-0.3, -0.25) is 0 Å². The van der Waals surface area contributed by atoms with Crippen LogP contribution in [0.4, 0.5) is 0 Å². The van der Waals surface area contributed by atoms with Gasteiger partial charge in [-0.2, -0.15) is 0 Å². The van der Waals surface area contributed by atoms with Crippen molar-refractivity contribution < 1.29 is 19.0 Å². The predicted molar refractivity (Wildman–Crippen MR) is 55.3 cm³/mol. The zero-order chi connectivity index (χ0) is 11.3. The molecule has 0 bridgehead atoms. The molecule has 0 radical (unpaired) electrons. The first-order valence-electron chi connectivity index (χ1n) is 5.02. The second-order valence-corrected chi connectivity index (χ2v) is 4.29. The summed E-state index contributed by atoms with van der Waals surface area (Å²) in [6, 6.07) is 0. The van der Waals surface area contributed by atoms with Crippen molar-refractivity contribution in [2.75, 3.05) is 26.6 Å².